The highest BCUT2D eigenvalue weighted by Crippen LogP contribution is 2.47. The molecule has 1 aromatic heterocycles. The minimum atomic E-state index is -0.106. The van der Waals surface area contributed by atoms with Gasteiger partial charge < -0.3 is 10.1 Å². The molecule has 3 rings (SSSR count). The number of rotatable bonds is 4. The molecule has 1 aliphatic carbocycles. The lowest BCUT2D eigenvalue weighted by Crippen LogP contribution is -2.05. The van der Waals surface area contributed by atoms with Gasteiger partial charge in [0.15, 0.2) is 5.13 Å². The van der Waals surface area contributed by atoms with E-state index in [0.717, 1.165) is 29.0 Å². The first-order valence-corrected chi connectivity index (χ1v) is 7.90. The van der Waals surface area contributed by atoms with Crippen LogP contribution in [-0.4, -0.2) is 18.0 Å². The molecule has 1 aliphatic rings. The van der Waals surface area contributed by atoms with E-state index in [2.05, 4.69) is 10.3 Å². The van der Waals surface area contributed by atoms with E-state index in [-0.39, 0.29) is 5.91 Å². The number of halogens is 1. The number of carbonyl (C=O) groups excluding carboxylic acids is 1. The quantitative estimate of drug-likeness (QED) is 0.912. The molecule has 1 aromatic carbocycles. The van der Waals surface area contributed by atoms with Gasteiger partial charge in [-0.1, -0.05) is 22.9 Å². The zero-order chi connectivity index (χ0) is 15.0. The fourth-order valence-electron chi connectivity index (χ4n) is 2.18. The van der Waals surface area contributed by atoms with Crippen molar-refractivity contribution in [3.05, 3.63) is 28.9 Å². The summed E-state index contributed by atoms with van der Waals surface area (Å²) in [5, 5.41) is 3.99. The molecule has 4 nitrogen and oxygen atoms in total. The number of hydrogen-bond acceptors (Lipinski definition) is 4. The van der Waals surface area contributed by atoms with E-state index in [1.807, 2.05) is 18.2 Å². The van der Waals surface area contributed by atoms with Crippen molar-refractivity contribution >= 4 is 34.0 Å². The summed E-state index contributed by atoms with van der Waals surface area (Å²) < 4.78 is 5.18. The number of anilines is 1. The first kappa shape index (κ1) is 14.4. The third-order valence-electron chi connectivity index (χ3n) is 3.31. The lowest BCUT2D eigenvalue weighted by molar-refractivity contribution is -0.114. The summed E-state index contributed by atoms with van der Waals surface area (Å²) in [4.78, 5) is 16.9. The van der Waals surface area contributed by atoms with Crippen molar-refractivity contribution in [3.63, 3.8) is 0 Å². The van der Waals surface area contributed by atoms with Crippen LogP contribution in [0.25, 0.3) is 10.4 Å². The smallest absolute Gasteiger partial charge is 0.223 e. The summed E-state index contributed by atoms with van der Waals surface area (Å²) in [6.07, 6.45) is 2.31. The van der Waals surface area contributed by atoms with Crippen molar-refractivity contribution in [2.45, 2.75) is 25.7 Å². The second kappa shape index (κ2) is 5.66. The predicted molar refractivity (Wildman–Crippen MR) is 85.4 cm³/mol. The van der Waals surface area contributed by atoms with E-state index < -0.39 is 0 Å². The van der Waals surface area contributed by atoms with Gasteiger partial charge in [0, 0.05) is 12.8 Å². The molecule has 2 aromatic rings. The second-order valence-electron chi connectivity index (χ2n) is 5.04. The standard InChI is InChI=1S/C15H15ClN2O2S/c1-8(19)17-15-18-13(9-3-4-9)14(21-15)10-5-6-12(20-2)11(16)7-10/h5-7,9H,3-4H2,1-2H3,(H,17,18,19). The van der Waals surface area contributed by atoms with Crippen LogP contribution in [0.5, 0.6) is 5.75 Å². The monoisotopic (exact) mass is 322 g/mol. The van der Waals surface area contributed by atoms with Crippen LogP contribution in [0.4, 0.5) is 5.13 Å². The van der Waals surface area contributed by atoms with Gasteiger partial charge in [0.2, 0.25) is 5.91 Å². The average Bonchev–Trinajstić information content (AvgIpc) is 3.20. The number of nitrogens with zero attached hydrogens (tertiary/aromatic N) is 1. The van der Waals surface area contributed by atoms with E-state index in [1.54, 1.807) is 7.11 Å². The molecule has 0 saturated heterocycles. The number of amides is 1. The molecule has 0 atom stereocenters. The van der Waals surface area contributed by atoms with Crippen LogP contribution in [0.3, 0.4) is 0 Å². The van der Waals surface area contributed by atoms with Crippen molar-refractivity contribution in [1.82, 2.24) is 4.98 Å². The van der Waals surface area contributed by atoms with Gasteiger partial charge in [-0.25, -0.2) is 4.98 Å². The molecule has 6 heteroatoms. The number of carbonyl (C=O) groups is 1. The maximum atomic E-state index is 11.2. The normalized spacial score (nSPS) is 14.0. The van der Waals surface area contributed by atoms with E-state index in [4.69, 9.17) is 16.3 Å². The van der Waals surface area contributed by atoms with E-state index >= 15 is 0 Å². The van der Waals surface area contributed by atoms with Crippen molar-refractivity contribution in [2.75, 3.05) is 12.4 Å². The average molecular weight is 323 g/mol. The Labute approximate surface area is 132 Å². The summed E-state index contributed by atoms with van der Waals surface area (Å²) in [7, 11) is 1.60. The Morgan fingerprint density at radius 3 is 2.81 bits per heavy atom. The molecule has 1 fully saturated rings. The van der Waals surface area contributed by atoms with Crippen molar-refractivity contribution in [3.8, 4) is 16.2 Å². The Morgan fingerprint density at radius 2 is 2.24 bits per heavy atom. The van der Waals surface area contributed by atoms with Crippen LogP contribution < -0.4 is 10.1 Å². The molecule has 21 heavy (non-hydrogen) atoms. The van der Waals surface area contributed by atoms with E-state index in [1.165, 1.54) is 18.3 Å². The van der Waals surface area contributed by atoms with Gasteiger partial charge in [0.05, 0.1) is 22.7 Å². The predicted octanol–water partition coefficient (Wildman–Crippen LogP) is 4.31. The zero-order valence-electron chi connectivity index (χ0n) is 11.8. The van der Waals surface area contributed by atoms with Crippen LogP contribution in [0.15, 0.2) is 18.2 Å². The molecule has 0 radical (unpaired) electrons. The highest BCUT2D eigenvalue weighted by atomic mass is 35.5. The van der Waals surface area contributed by atoms with Gasteiger partial charge in [-0.2, -0.15) is 0 Å². The molecule has 0 bridgehead atoms. The number of benzene rings is 1. The molecular formula is C15H15ClN2O2S. The van der Waals surface area contributed by atoms with Gasteiger partial charge in [0.25, 0.3) is 0 Å². The summed E-state index contributed by atoms with van der Waals surface area (Å²) in [5.74, 6) is 1.05. The van der Waals surface area contributed by atoms with Crippen molar-refractivity contribution in [1.29, 1.82) is 0 Å². The molecule has 1 amide bonds. The summed E-state index contributed by atoms with van der Waals surface area (Å²) in [5.41, 5.74) is 2.07. The highest BCUT2D eigenvalue weighted by molar-refractivity contribution is 7.19. The molecule has 110 valence electrons. The Morgan fingerprint density at radius 1 is 1.48 bits per heavy atom. The van der Waals surface area contributed by atoms with Gasteiger partial charge in [-0.05, 0) is 36.6 Å². The Kier molecular flexibility index (Phi) is 3.87. The minimum Gasteiger partial charge on any atom is -0.495 e. The first-order valence-electron chi connectivity index (χ1n) is 6.70. The Balaban J connectivity index is 2.01. The Hall–Kier alpha value is -1.59. The number of ether oxygens (including phenoxy) is 1. The number of aromatic nitrogens is 1. The van der Waals surface area contributed by atoms with Crippen molar-refractivity contribution in [2.24, 2.45) is 0 Å². The number of hydrogen-bond donors (Lipinski definition) is 1. The second-order valence-corrected chi connectivity index (χ2v) is 6.44. The zero-order valence-corrected chi connectivity index (χ0v) is 13.3. The highest BCUT2D eigenvalue weighted by Gasteiger charge is 2.30. The van der Waals surface area contributed by atoms with Crippen molar-refractivity contribution < 1.29 is 9.53 Å². The molecular weight excluding hydrogens is 308 g/mol. The lowest BCUT2D eigenvalue weighted by Gasteiger charge is -2.05. The molecule has 0 spiro atoms. The van der Waals surface area contributed by atoms with E-state index in [0.29, 0.717) is 21.8 Å². The van der Waals surface area contributed by atoms with Crippen LogP contribution in [0, 0.1) is 0 Å². The molecule has 0 unspecified atom stereocenters. The maximum Gasteiger partial charge on any atom is 0.223 e. The summed E-state index contributed by atoms with van der Waals surface area (Å²) >= 11 is 7.70. The van der Waals surface area contributed by atoms with Gasteiger partial charge >= 0.3 is 0 Å². The van der Waals surface area contributed by atoms with Crippen LogP contribution in [-0.2, 0) is 4.79 Å². The maximum absolute atomic E-state index is 11.2. The van der Waals surface area contributed by atoms with Crippen LogP contribution in [0.2, 0.25) is 5.02 Å². The number of thiazole rings is 1. The lowest BCUT2D eigenvalue weighted by atomic mass is 10.1. The Bertz CT molecular complexity index is 695. The third-order valence-corrected chi connectivity index (χ3v) is 4.65. The van der Waals surface area contributed by atoms with E-state index in [9.17, 15) is 4.79 Å². The number of nitrogens with one attached hydrogen (secondary N) is 1. The minimum absolute atomic E-state index is 0.106. The molecule has 1 saturated carbocycles. The summed E-state index contributed by atoms with van der Waals surface area (Å²) in [6.45, 7) is 1.49. The van der Waals surface area contributed by atoms with Gasteiger partial charge in [-0.15, -0.1) is 0 Å². The fraction of sp³-hybridized carbons (Fsp3) is 0.333. The third kappa shape index (κ3) is 3.04. The van der Waals surface area contributed by atoms with Gasteiger partial charge in [-0.3, -0.25) is 4.79 Å². The largest absolute Gasteiger partial charge is 0.495 e. The van der Waals surface area contributed by atoms with Gasteiger partial charge in [0.1, 0.15) is 5.75 Å². The van der Waals surface area contributed by atoms with Crippen LogP contribution in [0.1, 0.15) is 31.4 Å². The topological polar surface area (TPSA) is 51.2 Å². The molecule has 1 heterocycles. The fourth-order valence-corrected chi connectivity index (χ4v) is 3.54. The summed E-state index contributed by atoms with van der Waals surface area (Å²) in [6, 6.07) is 5.71. The number of methoxy groups -OCH3 is 1. The molecule has 1 N–H and O–H groups in total. The van der Waals surface area contributed by atoms with Crippen LogP contribution >= 0.6 is 22.9 Å². The first-order chi connectivity index (χ1) is 10.1. The molecule has 0 aliphatic heterocycles. The SMILES string of the molecule is COc1ccc(-c2sc(NC(C)=O)nc2C2CC2)cc1Cl.